The molecule has 1 rings (SSSR count). The lowest BCUT2D eigenvalue weighted by Gasteiger charge is -2.25. The molecule has 3 heteroatoms. The van der Waals surface area contributed by atoms with Gasteiger partial charge >= 0.3 is 0 Å². The Balaban J connectivity index is 2.81. The van der Waals surface area contributed by atoms with E-state index in [9.17, 15) is 5.11 Å². The first kappa shape index (κ1) is 15.0. The van der Waals surface area contributed by atoms with Crippen molar-refractivity contribution in [1.82, 2.24) is 5.32 Å². The summed E-state index contributed by atoms with van der Waals surface area (Å²) in [7, 11) is 1.93. The smallest absolute Gasteiger partial charge is 0.119 e. The van der Waals surface area contributed by atoms with E-state index in [0.29, 0.717) is 0 Å². The van der Waals surface area contributed by atoms with Gasteiger partial charge in [0.15, 0.2) is 0 Å². The Kier molecular flexibility index (Phi) is 6.16. The zero-order valence-corrected chi connectivity index (χ0v) is 11.8. The van der Waals surface area contributed by atoms with Crippen LogP contribution < -0.4 is 10.1 Å². The highest BCUT2D eigenvalue weighted by Crippen LogP contribution is 2.26. The molecule has 102 valence electrons. The first-order valence-corrected chi connectivity index (χ1v) is 6.67. The van der Waals surface area contributed by atoms with Gasteiger partial charge in [0.1, 0.15) is 5.75 Å². The van der Waals surface area contributed by atoms with E-state index in [1.165, 1.54) is 5.56 Å². The highest BCUT2D eigenvalue weighted by Gasteiger charge is 2.19. The Morgan fingerprint density at radius 2 is 1.83 bits per heavy atom. The molecule has 0 aliphatic rings. The number of ether oxygens (including phenoxy) is 1. The summed E-state index contributed by atoms with van der Waals surface area (Å²) in [6, 6.07) is 8.30. The van der Waals surface area contributed by atoms with E-state index >= 15 is 0 Å². The molecule has 0 amide bonds. The Hall–Kier alpha value is -1.06. The van der Waals surface area contributed by atoms with Gasteiger partial charge in [-0.1, -0.05) is 19.1 Å². The number of rotatable bonds is 7. The fourth-order valence-electron chi connectivity index (χ4n) is 2.17. The van der Waals surface area contributed by atoms with Crippen LogP contribution in [0, 0.1) is 5.92 Å². The minimum Gasteiger partial charge on any atom is -0.491 e. The van der Waals surface area contributed by atoms with Gasteiger partial charge in [0.05, 0.1) is 6.10 Å². The number of aliphatic hydroxyl groups is 1. The van der Waals surface area contributed by atoms with E-state index in [1.54, 1.807) is 0 Å². The highest BCUT2D eigenvalue weighted by molar-refractivity contribution is 5.29. The maximum Gasteiger partial charge on any atom is 0.119 e. The standard InChI is InChI=1S/C15H25NO2/c1-5-12(10-17)15(16-4)13-6-8-14(9-7-13)18-11(2)3/h6-9,11-12,15-17H,5,10H2,1-4H3. The molecule has 2 unspecified atom stereocenters. The first-order valence-electron chi connectivity index (χ1n) is 6.67. The molecule has 3 nitrogen and oxygen atoms in total. The quantitative estimate of drug-likeness (QED) is 0.783. The molecule has 2 N–H and O–H groups in total. The molecular formula is C15H25NO2. The van der Waals surface area contributed by atoms with Crippen LogP contribution in [0.2, 0.25) is 0 Å². The molecule has 2 atom stereocenters. The second-order valence-corrected chi connectivity index (χ2v) is 4.85. The van der Waals surface area contributed by atoms with E-state index in [0.717, 1.165) is 12.2 Å². The average Bonchev–Trinajstić information content (AvgIpc) is 2.36. The van der Waals surface area contributed by atoms with E-state index in [-0.39, 0.29) is 24.7 Å². The predicted octanol–water partition coefficient (Wildman–Crippen LogP) is 2.75. The van der Waals surface area contributed by atoms with Gasteiger partial charge in [-0.2, -0.15) is 0 Å². The summed E-state index contributed by atoms with van der Waals surface area (Å²) in [6.45, 7) is 6.33. The number of nitrogens with one attached hydrogen (secondary N) is 1. The van der Waals surface area contributed by atoms with Gasteiger partial charge < -0.3 is 15.2 Å². The number of hydrogen-bond acceptors (Lipinski definition) is 3. The van der Waals surface area contributed by atoms with Crippen LogP contribution in [0.3, 0.4) is 0 Å². The Morgan fingerprint density at radius 3 is 2.22 bits per heavy atom. The van der Waals surface area contributed by atoms with Crippen LogP contribution in [-0.4, -0.2) is 24.9 Å². The maximum absolute atomic E-state index is 9.40. The summed E-state index contributed by atoms with van der Waals surface area (Å²) in [4.78, 5) is 0. The predicted molar refractivity (Wildman–Crippen MR) is 74.9 cm³/mol. The number of aliphatic hydroxyl groups excluding tert-OH is 1. The van der Waals surface area contributed by atoms with Crippen LogP contribution in [-0.2, 0) is 0 Å². The van der Waals surface area contributed by atoms with E-state index in [1.807, 2.05) is 33.0 Å². The van der Waals surface area contributed by atoms with Crippen molar-refractivity contribution in [3.05, 3.63) is 29.8 Å². The largest absolute Gasteiger partial charge is 0.491 e. The topological polar surface area (TPSA) is 41.5 Å². The third-order valence-corrected chi connectivity index (χ3v) is 3.15. The van der Waals surface area contributed by atoms with Gasteiger partial charge in [-0.05, 0) is 45.0 Å². The molecule has 1 aromatic carbocycles. The van der Waals surface area contributed by atoms with Crippen LogP contribution in [0.25, 0.3) is 0 Å². The molecule has 0 aromatic heterocycles. The lowest BCUT2D eigenvalue weighted by molar-refractivity contribution is 0.189. The second kappa shape index (κ2) is 7.39. The fraction of sp³-hybridized carbons (Fsp3) is 0.600. The molecule has 0 radical (unpaired) electrons. The second-order valence-electron chi connectivity index (χ2n) is 4.85. The summed E-state index contributed by atoms with van der Waals surface area (Å²) in [6.07, 6.45) is 1.14. The summed E-state index contributed by atoms with van der Waals surface area (Å²) in [5.41, 5.74) is 1.19. The van der Waals surface area contributed by atoms with Crippen molar-refractivity contribution < 1.29 is 9.84 Å². The monoisotopic (exact) mass is 251 g/mol. The maximum atomic E-state index is 9.40. The van der Waals surface area contributed by atoms with Crippen molar-refractivity contribution in [2.24, 2.45) is 5.92 Å². The molecule has 0 spiro atoms. The van der Waals surface area contributed by atoms with Crippen LogP contribution in [0.15, 0.2) is 24.3 Å². The van der Waals surface area contributed by atoms with Crippen LogP contribution in [0.5, 0.6) is 5.75 Å². The minimum atomic E-state index is 0.188. The Bertz CT molecular complexity index is 331. The van der Waals surface area contributed by atoms with Gasteiger partial charge in [0.25, 0.3) is 0 Å². The summed E-state index contributed by atoms with van der Waals surface area (Å²) in [5.74, 6) is 1.13. The van der Waals surface area contributed by atoms with Crippen LogP contribution in [0.1, 0.15) is 38.8 Å². The zero-order valence-electron chi connectivity index (χ0n) is 11.8. The zero-order chi connectivity index (χ0) is 13.5. The van der Waals surface area contributed by atoms with Crippen molar-refractivity contribution in [2.75, 3.05) is 13.7 Å². The number of hydrogen-bond donors (Lipinski definition) is 2. The molecular weight excluding hydrogens is 226 g/mol. The molecule has 0 fully saturated rings. The van der Waals surface area contributed by atoms with Crippen molar-refractivity contribution >= 4 is 0 Å². The van der Waals surface area contributed by atoms with Gasteiger partial charge in [0, 0.05) is 18.6 Å². The van der Waals surface area contributed by atoms with Crippen molar-refractivity contribution in [3.63, 3.8) is 0 Å². The molecule has 0 aliphatic heterocycles. The minimum absolute atomic E-state index is 0.188. The number of benzene rings is 1. The molecule has 0 heterocycles. The molecule has 0 saturated heterocycles. The first-order chi connectivity index (χ1) is 8.62. The Morgan fingerprint density at radius 1 is 1.22 bits per heavy atom. The third kappa shape index (κ3) is 4.00. The lowest BCUT2D eigenvalue weighted by Crippen LogP contribution is -2.27. The molecule has 0 aliphatic carbocycles. The van der Waals surface area contributed by atoms with Crippen molar-refractivity contribution in [2.45, 2.75) is 39.3 Å². The van der Waals surface area contributed by atoms with E-state index in [4.69, 9.17) is 4.74 Å². The SMILES string of the molecule is CCC(CO)C(NC)c1ccc(OC(C)C)cc1. The van der Waals surface area contributed by atoms with Crippen molar-refractivity contribution in [3.8, 4) is 5.75 Å². The highest BCUT2D eigenvalue weighted by atomic mass is 16.5. The lowest BCUT2D eigenvalue weighted by atomic mass is 9.91. The molecule has 18 heavy (non-hydrogen) atoms. The summed E-state index contributed by atoms with van der Waals surface area (Å²) < 4.78 is 5.63. The van der Waals surface area contributed by atoms with Gasteiger partial charge in [0.2, 0.25) is 0 Å². The van der Waals surface area contributed by atoms with E-state index < -0.39 is 0 Å². The van der Waals surface area contributed by atoms with Gasteiger partial charge in [-0.3, -0.25) is 0 Å². The summed E-state index contributed by atoms with van der Waals surface area (Å²) >= 11 is 0. The van der Waals surface area contributed by atoms with Gasteiger partial charge in [-0.15, -0.1) is 0 Å². The summed E-state index contributed by atoms with van der Waals surface area (Å²) in [5, 5.41) is 12.7. The van der Waals surface area contributed by atoms with Crippen molar-refractivity contribution in [1.29, 1.82) is 0 Å². The molecule has 1 aromatic rings. The molecule has 0 bridgehead atoms. The average molecular weight is 251 g/mol. The normalized spacial score (nSPS) is 14.6. The molecule has 0 saturated carbocycles. The van der Waals surface area contributed by atoms with Gasteiger partial charge in [-0.25, -0.2) is 0 Å². The Labute approximate surface area is 110 Å². The van der Waals surface area contributed by atoms with Crippen LogP contribution in [0.4, 0.5) is 0 Å². The fourth-order valence-corrected chi connectivity index (χ4v) is 2.17. The van der Waals surface area contributed by atoms with Crippen LogP contribution >= 0.6 is 0 Å². The third-order valence-electron chi connectivity index (χ3n) is 3.15. The van der Waals surface area contributed by atoms with E-state index in [2.05, 4.69) is 24.4 Å².